The monoisotopic (exact) mass is 259 g/mol. The van der Waals surface area contributed by atoms with Gasteiger partial charge in [0.2, 0.25) is 0 Å². The van der Waals surface area contributed by atoms with Crippen molar-refractivity contribution in [2.75, 3.05) is 19.7 Å². The van der Waals surface area contributed by atoms with Crippen molar-refractivity contribution >= 4 is 0 Å². The molecule has 3 nitrogen and oxygen atoms in total. The van der Waals surface area contributed by atoms with Gasteiger partial charge in [0.05, 0.1) is 13.2 Å². The summed E-state index contributed by atoms with van der Waals surface area (Å²) >= 11 is 0. The summed E-state index contributed by atoms with van der Waals surface area (Å²) in [4.78, 5) is 2.21. The summed E-state index contributed by atoms with van der Waals surface area (Å²) < 4.78 is 5.59. The first-order chi connectivity index (χ1) is 9.28. The van der Waals surface area contributed by atoms with Gasteiger partial charge >= 0.3 is 0 Å². The Morgan fingerprint density at radius 2 is 1.84 bits per heavy atom. The molecule has 0 aliphatic carbocycles. The Morgan fingerprint density at radius 1 is 1.05 bits per heavy atom. The minimum absolute atomic E-state index is 0.175. The van der Waals surface area contributed by atoms with Crippen LogP contribution in [0.2, 0.25) is 0 Å². The number of aryl methyl sites for hydroxylation is 1. The van der Waals surface area contributed by atoms with E-state index in [4.69, 9.17) is 9.52 Å². The Kier molecular flexibility index (Phi) is 5.19. The molecule has 0 saturated carbocycles. The Labute approximate surface area is 114 Å². The molecule has 19 heavy (non-hydrogen) atoms. The predicted octanol–water partition coefficient (Wildman–Crippen LogP) is 2.63. The molecule has 0 bridgehead atoms. The molecule has 0 aliphatic heterocycles. The van der Waals surface area contributed by atoms with E-state index in [0.29, 0.717) is 6.54 Å². The molecule has 0 amide bonds. The quantitative estimate of drug-likeness (QED) is 0.830. The van der Waals surface area contributed by atoms with E-state index in [1.807, 2.05) is 25.1 Å². The molecular formula is C16H21NO2. The van der Waals surface area contributed by atoms with Crippen LogP contribution in [0.3, 0.4) is 0 Å². The summed E-state index contributed by atoms with van der Waals surface area (Å²) in [5, 5.41) is 9.14. The summed E-state index contributed by atoms with van der Waals surface area (Å²) in [5.74, 6) is 1.89. The Morgan fingerprint density at radius 3 is 2.47 bits per heavy atom. The molecule has 2 aromatic rings. The molecule has 0 spiro atoms. The van der Waals surface area contributed by atoms with Crippen LogP contribution in [0.15, 0.2) is 46.9 Å². The summed E-state index contributed by atoms with van der Waals surface area (Å²) in [7, 11) is 0. The Hall–Kier alpha value is -1.58. The molecule has 0 saturated heterocycles. The number of nitrogens with zero attached hydrogens (tertiary/aromatic N) is 1. The number of furan rings is 1. The van der Waals surface area contributed by atoms with Gasteiger partial charge in [-0.05, 0) is 31.0 Å². The van der Waals surface area contributed by atoms with Crippen molar-refractivity contribution in [3.63, 3.8) is 0 Å². The van der Waals surface area contributed by atoms with Gasteiger partial charge in [-0.2, -0.15) is 0 Å². The average molecular weight is 259 g/mol. The zero-order valence-corrected chi connectivity index (χ0v) is 11.4. The van der Waals surface area contributed by atoms with E-state index in [1.165, 1.54) is 5.56 Å². The van der Waals surface area contributed by atoms with Gasteiger partial charge in [0.25, 0.3) is 0 Å². The number of aliphatic hydroxyl groups is 1. The molecule has 0 unspecified atom stereocenters. The third-order valence-electron chi connectivity index (χ3n) is 3.15. The standard InChI is InChI=1S/C16H21NO2/c1-14-7-8-16(19-14)13-17(11-12-18)10-9-15-5-3-2-4-6-15/h2-8,18H,9-13H2,1H3. The zero-order valence-electron chi connectivity index (χ0n) is 11.4. The molecule has 1 aromatic heterocycles. The van der Waals surface area contributed by atoms with Crippen molar-refractivity contribution in [1.82, 2.24) is 4.90 Å². The fourth-order valence-corrected chi connectivity index (χ4v) is 2.13. The molecule has 0 radical (unpaired) electrons. The second-order valence-corrected chi connectivity index (χ2v) is 4.75. The fourth-order valence-electron chi connectivity index (χ4n) is 2.13. The third kappa shape index (κ3) is 4.54. The summed E-state index contributed by atoms with van der Waals surface area (Å²) in [6, 6.07) is 14.4. The lowest BCUT2D eigenvalue weighted by Crippen LogP contribution is -2.28. The van der Waals surface area contributed by atoms with Crippen LogP contribution in [0.25, 0.3) is 0 Å². The normalized spacial score (nSPS) is 11.1. The average Bonchev–Trinajstić information content (AvgIpc) is 2.83. The maximum atomic E-state index is 9.14. The smallest absolute Gasteiger partial charge is 0.118 e. The topological polar surface area (TPSA) is 36.6 Å². The van der Waals surface area contributed by atoms with E-state index >= 15 is 0 Å². The molecule has 1 N–H and O–H groups in total. The van der Waals surface area contributed by atoms with Crippen molar-refractivity contribution in [1.29, 1.82) is 0 Å². The van der Waals surface area contributed by atoms with Crippen LogP contribution in [0.1, 0.15) is 17.1 Å². The van der Waals surface area contributed by atoms with E-state index in [-0.39, 0.29) is 6.61 Å². The van der Waals surface area contributed by atoms with Crippen molar-refractivity contribution < 1.29 is 9.52 Å². The highest BCUT2D eigenvalue weighted by Crippen LogP contribution is 2.10. The minimum Gasteiger partial charge on any atom is -0.465 e. The molecule has 1 heterocycles. The highest BCUT2D eigenvalue weighted by molar-refractivity contribution is 5.15. The van der Waals surface area contributed by atoms with Crippen LogP contribution in [0.5, 0.6) is 0 Å². The van der Waals surface area contributed by atoms with Crippen molar-refractivity contribution in [2.24, 2.45) is 0 Å². The van der Waals surface area contributed by atoms with Gasteiger partial charge in [-0.25, -0.2) is 0 Å². The first-order valence-corrected chi connectivity index (χ1v) is 6.70. The van der Waals surface area contributed by atoms with Gasteiger partial charge in [0, 0.05) is 13.1 Å². The highest BCUT2D eigenvalue weighted by Gasteiger charge is 2.08. The predicted molar refractivity (Wildman–Crippen MR) is 76.0 cm³/mol. The van der Waals surface area contributed by atoms with Gasteiger partial charge < -0.3 is 9.52 Å². The molecule has 2 rings (SSSR count). The largest absolute Gasteiger partial charge is 0.465 e. The number of hydrogen-bond donors (Lipinski definition) is 1. The highest BCUT2D eigenvalue weighted by atomic mass is 16.3. The SMILES string of the molecule is Cc1ccc(CN(CCO)CCc2ccccc2)o1. The van der Waals surface area contributed by atoms with E-state index in [1.54, 1.807) is 0 Å². The van der Waals surface area contributed by atoms with Crippen LogP contribution in [0, 0.1) is 6.92 Å². The number of aliphatic hydroxyl groups excluding tert-OH is 1. The van der Waals surface area contributed by atoms with E-state index < -0.39 is 0 Å². The maximum Gasteiger partial charge on any atom is 0.118 e. The number of hydrogen-bond acceptors (Lipinski definition) is 3. The minimum atomic E-state index is 0.175. The van der Waals surface area contributed by atoms with Gasteiger partial charge in [0.15, 0.2) is 0 Å². The van der Waals surface area contributed by atoms with E-state index in [0.717, 1.165) is 31.0 Å². The van der Waals surface area contributed by atoms with Gasteiger partial charge in [0.1, 0.15) is 11.5 Å². The van der Waals surface area contributed by atoms with Gasteiger partial charge in [-0.1, -0.05) is 30.3 Å². The molecule has 0 fully saturated rings. The fraction of sp³-hybridized carbons (Fsp3) is 0.375. The summed E-state index contributed by atoms with van der Waals surface area (Å²) in [6.45, 7) is 4.47. The summed E-state index contributed by atoms with van der Waals surface area (Å²) in [6.07, 6.45) is 0.987. The molecular weight excluding hydrogens is 238 g/mol. The van der Waals surface area contributed by atoms with Crippen LogP contribution in [-0.4, -0.2) is 29.7 Å². The Bertz CT molecular complexity index is 479. The first kappa shape index (κ1) is 13.8. The Balaban J connectivity index is 1.89. The van der Waals surface area contributed by atoms with Gasteiger partial charge in [-0.3, -0.25) is 4.90 Å². The maximum absolute atomic E-state index is 9.14. The van der Waals surface area contributed by atoms with Crippen molar-refractivity contribution in [2.45, 2.75) is 19.9 Å². The van der Waals surface area contributed by atoms with E-state index in [9.17, 15) is 0 Å². The molecule has 3 heteroatoms. The molecule has 1 aromatic carbocycles. The van der Waals surface area contributed by atoms with Crippen LogP contribution in [0.4, 0.5) is 0 Å². The number of rotatable bonds is 7. The first-order valence-electron chi connectivity index (χ1n) is 6.70. The molecule has 0 atom stereocenters. The van der Waals surface area contributed by atoms with Crippen molar-refractivity contribution in [3.05, 3.63) is 59.5 Å². The zero-order chi connectivity index (χ0) is 13.5. The lowest BCUT2D eigenvalue weighted by molar-refractivity contribution is 0.181. The lowest BCUT2D eigenvalue weighted by atomic mass is 10.1. The third-order valence-corrected chi connectivity index (χ3v) is 3.15. The van der Waals surface area contributed by atoms with Crippen LogP contribution in [-0.2, 0) is 13.0 Å². The second kappa shape index (κ2) is 7.12. The molecule has 102 valence electrons. The second-order valence-electron chi connectivity index (χ2n) is 4.75. The van der Waals surface area contributed by atoms with Crippen molar-refractivity contribution in [3.8, 4) is 0 Å². The van der Waals surface area contributed by atoms with E-state index in [2.05, 4.69) is 29.2 Å². The molecule has 0 aliphatic rings. The number of benzene rings is 1. The lowest BCUT2D eigenvalue weighted by Gasteiger charge is -2.20. The van der Waals surface area contributed by atoms with Gasteiger partial charge in [-0.15, -0.1) is 0 Å². The van der Waals surface area contributed by atoms with Crippen LogP contribution >= 0.6 is 0 Å². The summed E-state index contributed by atoms with van der Waals surface area (Å²) in [5.41, 5.74) is 1.32. The van der Waals surface area contributed by atoms with Crippen LogP contribution < -0.4 is 0 Å².